The summed E-state index contributed by atoms with van der Waals surface area (Å²) in [5, 5.41) is 10.0. The van der Waals surface area contributed by atoms with Crippen LogP contribution >= 0.6 is 0 Å². The zero-order valence-corrected chi connectivity index (χ0v) is 10.4. The maximum atomic E-state index is 14.0. The second-order valence-corrected chi connectivity index (χ2v) is 4.54. The number of carbonyl (C=O) groups excluding carboxylic acids is 1. The first-order chi connectivity index (χ1) is 9.05. The van der Waals surface area contributed by atoms with Gasteiger partial charge in [-0.2, -0.15) is 4.99 Å². The summed E-state index contributed by atoms with van der Waals surface area (Å²) >= 11 is 0. The van der Waals surface area contributed by atoms with Crippen LogP contribution in [0.15, 0.2) is 11.1 Å². The van der Waals surface area contributed by atoms with E-state index in [4.69, 9.17) is 4.74 Å². The molecule has 0 unspecified atom stereocenters. The summed E-state index contributed by atoms with van der Waals surface area (Å²) in [7, 11) is 1.17. The Morgan fingerprint density at radius 2 is 2.00 bits per heavy atom. The van der Waals surface area contributed by atoms with E-state index in [1.54, 1.807) is 0 Å². The summed E-state index contributed by atoms with van der Waals surface area (Å²) in [6.07, 6.45) is 3.71. The molecule has 0 bridgehead atoms. The van der Waals surface area contributed by atoms with Crippen molar-refractivity contribution in [1.29, 1.82) is 0 Å². The quantitative estimate of drug-likeness (QED) is 0.678. The van der Waals surface area contributed by atoms with E-state index in [-0.39, 0.29) is 5.56 Å². The Labute approximate surface area is 108 Å². The average Bonchev–Trinajstić information content (AvgIpc) is 2.78. The van der Waals surface area contributed by atoms with E-state index < -0.39 is 28.7 Å². The minimum Gasteiger partial charge on any atom is -0.504 e. The lowest BCUT2D eigenvalue weighted by molar-refractivity contribution is 0.328. The third-order valence-electron chi connectivity index (χ3n) is 3.52. The van der Waals surface area contributed by atoms with E-state index in [0.29, 0.717) is 18.9 Å². The zero-order chi connectivity index (χ0) is 14.0. The summed E-state index contributed by atoms with van der Waals surface area (Å²) < 4.78 is 32.2. The Bertz CT molecular complexity index is 547. The van der Waals surface area contributed by atoms with Crippen LogP contribution in [0.5, 0.6) is 11.5 Å². The average molecular weight is 269 g/mol. The zero-order valence-electron chi connectivity index (χ0n) is 10.4. The van der Waals surface area contributed by atoms with Gasteiger partial charge in [-0.1, -0.05) is 12.8 Å². The van der Waals surface area contributed by atoms with E-state index in [9.17, 15) is 18.7 Å². The number of benzene rings is 1. The van der Waals surface area contributed by atoms with E-state index in [1.165, 1.54) is 13.2 Å². The van der Waals surface area contributed by atoms with Gasteiger partial charge in [-0.3, -0.25) is 0 Å². The van der Waals surface area contributed by atoms with Crippen LogP contribution in [0.3, 0.4) is 0 Å². The highest BCUT2D eigenvalue weighted by Gasteiger charge is 2.41. The van der Waals surface area contributed by atoms with Gasteiger partial charge in [-0.25, -0.2) is 13.6 Å². The molecule has 0 aliphatic heterocycles. The second-order valence-electron chi connectivity index (χ2n) is 4.54. The topological polar surface area (TPSA) is 58.9 Å². The first kappa shape index (κ1) is 13.5. The van der Waals surface area contributed by atoms with Crippen LogP contribution < -0.4 is 4.74 Å². The summed E-state index contributed by atoms with van der Waals surface area (Å²) in [4.78, 5) is 14.3. The Hall–Kier alpha value is -1.94. The lowest BCUT2D eigenvalue weighted by Gasteiger charge is -2.25. The number of hydrogen-bond donors (Lipinski definition) is 1. The normalized spacial score (nSPS) is 17.0. The molecule has 0 amide bonds. The third-order valence-corrected chi connectivity index (χ3v) is 3.52. The molecule has 1 saturated carbocycles. The minimum atomic E-state index is -1.17. The van der Waals surface area contributed by atoms with Gasteiger partial charge in [-0.15, -0.1) is 0 Å². The van der Waals surface area contributed by atoms with Crippen molar-refractivity contribution >= 4 is 6.08 Å². The SMILES string of the molecule is COc1c(F)cc(F)c(C2(N=C=O)CCCC2)c1O. The number of isocyanates is 1. The van der Waals surface area contributed by atoms with E-state index >= 15 is 0 Å². The lowest BCUT2D eigenvalue weighted by atomic mass is 9.87. The number of ether oxygens (including phenoxy) is 1. The Morgan fingerprint density at radius 1 is 1.37 bits per heavy atom. The fourth-order valence-corrected chi connectivity index (χ4v) is 2.69. The van der Waals surface area contributed by atoms with Gasteiger partial charge in [0, 0.05) is 6.07 Å². The van der Waals surface area contributed by atoms with Crippen molar-refractivity contribution < 1.29 is 23.4 Å². The maximum Gasteiger partial charge on any atom is 0.235 e. The van der Waals surface area contributed by atoms with Crippen molar-refractivity contribution in [2.24, 2.45) is 4.99 Å². The number of aromatic hydroxyl groups is 1. The summed E-state index contributed by atoms with van der Waals surface area (Å²) in [6, 6.07) is 0.633. The van der Waals surface area contributed by atoms with Gasteiger partial charge in [0.25, 0.3) is 0 Å². The molecule has 1 fully saturated rings. The molecule has 1 N–H and O–H groups in total. The summed E-state index contributed by atoms with van der Waals surface area (Å²) in [5.74, 6) is -3.01. The van der Waals surface area contributed by atoms with Crippen molar-refractivity contribution in [1.82, 2.24) is 0 Å². The number of aliphatic imine (C=N–C) groups is 1. The van der Waals surface area contributed by atoms with Gasteiger partial charge in [-0.05, 0) is 12.8 Å². The van der Waals surface area contributed by atoms with Crippen LogP contribution in [-0.2, 0) is 10.3 Å². The predicted octanol–water partition coefficient (Wildman–Crippen LogP) is 2.78. The molecule has 6 heteroatoms. The molecule has 2 rings (SSSR count). The molecule has 1 aromatic carbocycles. The molecule has 0 atom stereocenters. The van der Waals surface area contributed by atoms with Gasteiger partial charge in [0.1, 0.15) is 11.4 Å². The Balaban J connectivity index is 2.70. The largest absolute Gasteiger partial charge is 0.504 e. The summed E-state index contributed by atoms with van der Waals surface area (Å²) in [5.41, 5.74) is -1.36. The van der Waals surface area contributed by atoms with Gasteiger partial charge < -0.3 is 9.84 Å². The van der Waals surface area contributed by atoms with Crippen LogP contribution in [0, 0.1) is 11.6 Å². The fourth-order valence-electron chi connectivity index (χ4n) is 2.69. The molecular weight excluding hydrogens is 256 g/mol. The smallest absolute Gasteiger partial charge is 0.235 e. The van der Waals surface area contributed by atoms with Crippen molar-refractivity contribution in [3.05, 3.63) is 23.3 Å². The maximum absolute atomic E-state index is 14.0. The molecule has 0 saturated heterocycles. The van der Waals surface area contributed by atoms with E-state index in [0.717, 1.165) is 12.8 Å². The number of rotatable bonds is 3. The predicted molar refractivity (Wildman–Crippen MR) is 62.8 cm³/mol. The van der Waals surface area contributed by atoms with Crippen LogP contribution in [0.2, 0.25) is 0 Å². The molecule has 102 valence electrons. The monoisotopic (exact) mass is 269 g/mol. The molecule has 4 nitrogen and oxygen atoms in total. The molecule has 0 spiro atoms. The number of phenols is 1. The first-order valence-corrected chi connectivity index (χ1v) is 5.90. The number of phenolic OH excluding ortho intramolecular Hbond substituents is 1. The van der Waals surface area contributed by atoms with Gasteiger partial charge in [0.2, 0.25) is 6.08 Å². The summed E-state index contributed by atoms with van der Waals surface area (Å²) in [6.45, 7) is 0. The van der Waals surface area contributed by atoms with Crippen molar-refractivity contribution in [2.75, 3.05) is 7.11 Å². The number of methoxy groups -OCH3 is 1. The number of halogens is 2. The molecule has 0 heterocycles. The molecule has 1 aliphatic carbocycles. The first-order valence-electron chi connectivity index (χ1n) is 5.90. The minimum absolute atomic E-state index is 0.188. The van der Waals surface area contributed by atoms with Gasteiger partial charge >= 0.3 is 0 Å². The second kappa shape index (κ2) is 4.97. The third kappa shape index (κ3) is 2.08. The van der Waals surface area contributed by atoms with Gasteiger partial charge in [0.15, 0.2) is 17.3 Å². The van der Waals surface area contributed by atoms with Crippen molar-refractivity contribution in [2.45, 2.75) is 31.2 Å². The van der Waals surface area contributed by atoms with Crippen LogP contribution in [-0.4, -0.2) is 18.3 Å². The molecule has 0 aromatic heterocycles. The molecule has 1 aromatic rings. The van der Waals surface area contributed by atoms with Crippen molar-refractivity contribution in [3.8, 4) is 11.5 Å². The standard InChI is InChI=1S/C13H13F2NO3/c1-19-12-9(15)6-8(14)10(11(12)18)13(16-7-17)4-2-3-5-13/h6,18H,2-5H2,1H3. The Morgan fingerprint density at radius 3 is 2.53 bits per heavy atom. The van der Waals surface area contributed by atoms with Crippen LogP contribution in [0.25, 0.3) is 0 Å². The Kier molecular flexibility index (Phi) is 3.53. The van der Waals surface area contributed by atoms with E-state index in [2.05, 4.69) is 4.99 Å². The van der Waals surface area contributed by atoms with Crippen LogP contribution in [0.1, 0.15) is 31.2 Å². The van der Waals surface area contributed by atoms with Crippen molar-refractivity contribution in [3.63, 3.8) is 0 Å². The molecule has 19 heavy (non-hydrogen) atoms. The lowest BCUT2D eigenvalue weighted by Crippen LogP contribution is -2.21. The highest BCUT2D eigenvalue weighted by Crippen LogP contribution is 2.49. The molecule has 1 aliphatic rings. The molecule has 0 radical (unpaired) electrons. The number of nitrogens with zero attached hydrogens (tertiary/aromatic N) is 1. The number of hydrogen-bond acceptors (Lipinski definition) is 4. The van der Waals surface area contributed by atoms with Crippen LogP contribution in [0.4, 0.5) is 8.78 Å². The highest BCUT2D eigenvalue weighted by atomic mass is 19.1. The highest BCUT2D eigenvalue weighted by molar-refractivity contribution is 5.52. The van der Waals surface area contributed by atoms with Gasteiger partial charge in [0.05, 0.1) is 12.7 Å². The molecular formula is C13H13F2NO3. The fraction of sp³-hybridized carbons (Fsp3) is 0.462. The van der Waals surface area contributed by atoms with E-state index in [1.807, 2.05) is 0 Å².